The number of rotatable bonds is 7. The highest BCUT2D eigenvalue weighted by Crippen LogP contribution is 2.15. The number of ether oxygens (including phenoxy) is 1. The number of carbonyl (C=O) groups excluding carboxylic acids is 2. The van der Waals surface area contributed by atoms with Crippen molar-refractivity contribution in [3.8, 4) is 5.75 Å². The molecule has 0 unspecified atom stereocenters. The molecule has 2 N–H and O–H groups in total. The Bertz CT molecular complexity index is 681. The summed E-state index contributed by atoms with van der Waals surface area (Å²) in [6.07, 6.45) is 2.03. The Morgan fingerprint density at radius 1 is 1.26 bits per heavy atom. The first-order valence-electron chi connectivity index (χ1n) is 6.97. The van der Waals surface area contributed by atoms with Crippen LogP contribution in [0.1, 0.15) is 33.3 Å². The summed E-state index contributed by atoms with van der Waals surface area (Å²) in [7, 11) is 0. The van der Waals surface area contributed by atoms with Gasteiger partial charge in [0.15, 0.2) is 5.78 Å². The Labute approximate surface area is 131 Å². The maximum atomic E-state index is 12.0. The molecule has 0 aliphatic heterocycles. The van der Waals surface area contributed by atoms with Gasteiger partial charge in [-0.3, -0.25) is 9.59 Å². The van der Waals surface area contributed by atoms with E-state index in [2.05, 4.69) is 15.0 Å². The zero-order valence-electron chi connectivity index (χ0n) is 12.4. The van der Waals surface area contributed by atoms with E-state index in [1.54, 1.807) is 12.1 Å². The number of nitrogens with one attached hydrogen (secondary N) is 2. The Balaban J connectivity index is 1.81. The monoisotopic (exact) mass is 322 g/mol. The van der Waals surface area contributed by atoms with Crippen molar-refractivity contribution in [2.75, 3.05) is 6.54 Å². The van der Waals surface area contributed by atoms with Crippen LogP contribution in [0.25, 0.3) is 0 Å². The van der Waals surface area contributed by atoms with Gasteiger partial charge in [-0.25, -0.2) is 0 Å². The van der Waals surface area contributed by atoms with Gasteiger partial charge in [0.1, 0.15) is 11.4 Å². The third-order valence-corrected chi connectivity index (χ3v) is 3.18. The highest BCUT2D eigenvalue weighted by atomic mass is 19.3. The van der Waals surface area contributed by atoms with Crippen LogP contribution in [-0.2, 0) is 6.42 Å². The average Bonchev–Trinajstić information content (AvgIpc) is 2.98. The third-order valence-electron chi connectivity index (χ3n) is 3.18. The summed E-state index contributed by atoms with van der Waals surface area (Å²) >= 11 is 0. The number of ketones is 1. The van der Waals surface area contributed by atoms with Crippen molar-refractivity contribution < 1.29 is 23.1 Å². The molecule has 0 aliphatic rings. The Hall–Kier alpha value is -2.70. The van der Waals surface area contributed by atoms with E-state index in [-0.39, 0.29) is 17.4 Å². The summed E-state index contributed by atoms with van der Waals surface area (Å²) in [4.78, 5) is 25.8. The molecule has 1 heterocycles. The number of amides is 1. The van der Waals surface area contributed by atoms with Crippen LogP contribution in [0.4, 0.5) is 8.78 Å². The summed E-state index contributed by atoms with van der Waals surface area (Å²) in [5.74, 6) is -0.336. The molecule has 0 radical (unpaired) electrons. The number of carbonyl (C=O) groups is 2. The second-order valence-electron chi connectivity index (χ2n) is 4.89. The van der Waals surface area contributed by atoms with E-state index in [0.717, 1.165) is 5.56 Å². The maximum Gasteiger partial charge on any atom is 0.387 e. The number of aromatic nitrogens is 1. The van der Waals surface area contributed by atoms with Crippen LogP contribution in [0.5, 0.6) is 5.75 Å². The average molecular weight is 322 g/mol. The molecule has 0 fully saturated rings. The molecule has 2 aromatic rings. The number of alkyl halides is 2. The second kappa shape index (κ2) is 7.53. The van der Waals surface area contributed by atoms with Crippen molar-refractivity contribution in [1.82, 2.24) is 10.3 Å². The SMILES string of the molecule is CC(=O)c1c[nH]c(C(=O)NCCc2ccc(OC(F)F)cc2)c1. The predicted octanol–water partition coefficient (Wildman–Crippen LogP) is 2.79. The van der Waals surface area contributed by atoms with Gasteiger partial charge in [0.2, 0.25) is 0 Å². The van der Waals surface area contributed by atoms with Crippen molar-refractivity contribution in [1.29, 1.82) is 0 Å². The van der Waals surface area contributed by atoms with Gasteiger partial charge in [-0.15, -0.1) is 0 Å². The van der Waals surface area contributed by atoms with E-state index in [1.807, 2.05) is 0 Å². The number of halogens is 2. The van der Waals surface area contributed by atoms with E-state index < -0.39 is 6.61 Å². The van der Waals surface area contributed by atoms with Gasteiger partial charge >= 0.3 is 6.61 Å². The summed E-state index contributed by atoms with van der Waals surface area (Å²) in [6.45, 7) is -1.05. The highest BCUT2D eigenvalue weighted by molar-refractivity contribution is 5.99. The zero-order valence-corrected chi connectivity index (χ0v) is 12.4. The highest BCUT2D eigenvalue weighted by Gasteiger charge is 2.10. The smallest absolute Gasteiger partial charge is 0.387 e. The van der Waals surface area contributed by atoms with Crippen molar-refractivity contribution in [2.45, 2.75) is 20.0 Å². The molecule has 1 aromatic heterocycles. The van der Waals surface area contributed by atoms with Crippen LogP contribution >= 0.6 is 0 Å². The van der Waals surface area contributed by atoms with Gasteiger partial charge in [-0.05, 0) is 37.1 Å². The van der Waals surface area contributed by atoms with Gasteiger partial charge in [0, 0.05) is 18.3 Å². The van der Waals surface area contributed by atoms with Gasteiger partial charge in [-0.1, -0.05) is 12.1 Å². The van der Waals surface area contributed by atoms with Crippen LogP contribution in [0.2, 0.25) is 0 Å². The molecule has 7 heteroatoms. The lowest BCUT2D eigenvalue weighted by Crippen LogP contribution is -2.25. The lowest BCUT2D eigenvalue weighted by Gasteiger charge is -2.06. The van der Waals surface area contributed by atoms with Gasteiger partial charge in [0.25, 0.3) is 5.91 Å². The first-order valence-corrected chi connectivity index (χ1v) is 6.97. The molecule has 0 atom stereocenters. The number of aromatic amines is 1. The number of benzene rings is 1. The van der Waals surface area contributed by atoms with Crippen molar-refractivity contribution in [3.05, 3.63) is 53.3 Å². The van der Waals surface area contributed by atoms with Gasteiger partial charge < -0.3 is 15.0 Å². The molecule has 0 saturated heterocycles. The van der Waals surface area contributed by atoms with Crippen molar-refractivity contribution in [2.24, 2.45) is 0 Å². The quantitative estimate of drug-likeness (QED) is 0.770. The number of hydrogen-bond acceptors (Lipinski definition) is 3. The molecule has 5 nitrogen and oxygen atoms in total. The molecular weight excluding hydrogens is 306 g/mol. The van der Waals surface area contributed by atoms with E-state index in [1.165, 1.54) is 31.3 Å². The van der Waals surface area contributed by atoms with Crippen LogP contribution in [0.15, 0.2) is 36.5 Å². The summed E-state index contributed by atoms with van der Waals surface area (Å²) in [5, 5.41) is 2.71. The number of hydrogen-bond donors (Lipinski definition) is 2. The molecule has 0 bridgehead atoms. The molecule has 0 saturated carbocycles. The standard InChI is InChI=1S/C16H16F2N2O3/c1-10(21)12-8-14(20-9-12)15(22)19-7-6-11-2-4-13(5-3-11)23-16(17)18/h2-5,8-9,16,20H,6-7H2,1H3,(H,19,22). The van der Waals surface area contributed by atoms with Gasteiger partial charge in [-0.2, -0.15) is 8.78 Å². The van der Waals surface area contributed by atoms with E-state index in [0.29, 0.717) is 24.2 Å². The normalized spacial score (nSPS) is 10.6. The summed E-state index contributed by atoms with van der Waals surface area (Å²) < 4.78 is 28.3. The Morgan fingerprint density at radius 3 is 2.52 bits per heavy atom. The van der Waals surface area contributed by atoms with E-state index in [9.17, 15) is 18.4 Å². The fraction of sp³-hybridized carbons (Fsp3) is 0.250. The van der Waals surface area contributed by atoms with Crippen LogP contribution < -0.4 is 10.1 Å². The molecule has 1 aromatic carbocycles. The maximum absolute atomic E-state index is 12.0. The van der Waals surface area contributed by atoms with Crippen LogP contribution in [0.3, 0.4) is 0 Å². The topological polar surface area (TPSA) is 71.2 Å². The first-order chi connectivity index (χ1) is 11.0. The molecule has 122 valence electrons. The van der Waals surface area contributed by atoms with Crippen molar-refractivity contribution in [3.63, 3.8) is 0 Å². The van der Waals surface area contributed by atoms with E-state index >= 15 is 0 Å². The summed E-state index contributed by atoms with van der Waals surface area (Å²) in [6, 6.07) is 7.72. The van der Waals surface area contributed by atoms with Crippen molar-refractivity contribution >= 4 is 11.7 Å². The minimum Gasteiger partial charge on any atom is -0.435 e. The molecule has 0 aliphatic carbocycles. The minimum atomic E-state index is -2.85. The molecule has 23 heavy (non-hydrogen) atoms. The fourth-order valence-electron chi connectivity index (χ4n) is 1.98. The second-order valence-corrected chi connectivity index (χ2v) is 4.89. The van der Waals surface area contributed by atoms with Crippen LogP contribution in [-0.4, -0.2) is 29.8 Å². The molecule has 0 spiro atoms. The molecular formula is C16H16F2N2O3. The Morgan fingerprint density at radius 2 is 1.96 bits per heavy atom. The fourth-order valence-corrected chi connectivity index (χ4v) is 1.98. The lowest BCUT2D eigenvalue weighted by molar-refractivity contribution is -0.0498. The van der Waals surface area contributed by atoms with Gasteiger partial charge in [0.05, 0.1) is 0 Å². The first kappa shape index (κ1) is 16.7. The number of Topliss-reactive ketones (excluding diaryl/α,β-unsaturated/α-hetero) is 1. The van der Waals surface area contributed by atoms with Crippen LogP contribution in [0, 0.1) is 0 Å². The largest absolute Gasteiger partial charge is 0.435 e. The number of H-pyrrole nitrogens is 1. The summed E-state index contributed by atoms with van der Waals surface area (Å²) in [5.41, 5.74) is 1.64. The minimum absolute atomic E-state index is 0.0935. The molecule has 1 amide bonds. The third kappa shape index (κ3) is 4.91. The predicted molar refractivity (Wildman–Crippen MR) is 79.9 cm³/mol. The molecule has 2 rings (SSSR count). The zero-order chi connectivity index (χ0) is 16.8. The lowest BCUT2D eigenvalue weighted by atomic mass is 10.1. The Kier molecular flexibility index (Phi) is 5.46. The van der Waals surface area contributed by atoms with E-state index in [4.69, 9.17) is 0 Å².